The Morgan fingerprint density at radius 3 is 2.45 bits per heavy atom. The Bertz CT molecular complexity index is 1250. The lowest BCUT2D eigenvalue weighted by molar-refractivity contribution is -0.118. The highest BCUT2D eigenvalue weighted by Crippen LogP contribution is 2.27. The van der Waals surface area contributed by atoms with Crippen molar-refractivity contribution in [2.24, 2.45) is 0 Å². The molecule has 0 unspecified atom stereocenters. The van der Waals surface area contributed by atoms with Gasteiger partial charge in [-0.3, -0.25) is 9.48 Å². The Hall–Kier alpha value is -3.02. The van der Waals surface area contributed by atoms with E-state index in [0.29, 0.717) is 33.7 Å². The maximum absolute atomic E-state index is 12.5. The summed E-state index contributed by atoms with van der Waals surface area (Å²) < 4.78 is 7.47. The highest BCUT2D eigenvalue weighted by atomic mass is 35.5. The molecular weight excluding hydrogens is 433 g/mol. The first-order chi connectivity index (χ1) is 14.9. The van der Waals surface area contributed by atoms with Crippen molar-refractivity contribution in [3.63, 3.8) is 0 Å². The fourth-order valence-electron chi connectivity index (χ4n) is 3.45. The van der Waals surface area contributed by atoms with E-state index in [-0.39, 0.29) is 12.5 Å². The third kappa shape index (κ3) is 4.68. The molecule has 0 bridgehead atoms. The molecule has 1 N–H and O–H groups in total. The SMILES string of the molecule is Cc1nn(Cc2c(Cl)cccc2Cl)c(C)c1NC(=O)COc1ccc2ccccc2c1. The molecule has 1 amide bonds. The monoisotopic (exact) mass is 453 g/mol. The number of hydrogen-bond donors (Lipinski definition) is 1. The van der Waals surface area contributed by atoms with Gasteiger partial charge in [0.15, 0.2) is 6.61 Å². The maximum Gasteiger partial charge on any atom is 0.262 e. The third-order valence-electron chi connectivity index (χ3n) is 5.11. The van der Waals surface area contributed by atoms with E-state index in [1.165, 1.54) is 0 Å². The molecule has 5 nitrogen and oxygen atoms in total. The Morgan fingerprint density at radius 2 is 1.71 bits per heavy atom. The van der Waals surface area contributed by atoms with Gasteiger partial charge in [0.2, 0.25) is 0 Å². The number of carbonyl (C=O) groups is 1. The number of halogens is 2. The zero-order chi connectivity index (χ0) is 22.0. The van der Waals surface area contributed by atoms with E-state index in [2.05, 4.69) is 10.4 Å². The molecule has 4 rings (SSSR count). The van der Waals surface area contributed by atoms with Gasteiger partial charge >= 0.3 is 0 Å². The number of amides is 1. The topological polar surface area (TPSA) is 56.2 Å². The summed E-state index contributed by atoms with van der Waals surface area (Å²) in [4.78, 5) is 12.5. The molecule has 0 aliphatic carbocycles. The zero-order valence-corrected chi connectivity index (χ0v) is 18.7. The number of carbonyl (C=O) groups excluding carboxylic acids is 1. The number of nitrogens with one attached hydrogen (secondary N) is 1. The van der Waals surface area contributed by atoms with Gasteiger partial charge in [-0.05, 0) is 48.9 Å². The van der Waals surface area contributed by atoms with Crippen LogP contribution in [0.1, 0.15) is 17.0 Å². The average molecular weight is 454 g/mol. The molecule has 0 spiro atoms. The molecule has 31 heavy (non-hydrogen) atoms. The van der Waals surface area contributed by atoms with Crippen LogP contribution in [0.15, 0.2) is 60.7 Å². The smallest absolute Gasteiger partial charge is 0.262 e. The van der Waals surface area contributed by atoms with Crippen LogP contribution in [0.2, 0.25) is 10.0 Å². The Labute approximate surface area is 190 Å². The lowest BCUT2D eigenvalue weighted by atomic mass is 10.1. The average Bonchev–Trinajstić information content (AvgIpc) is 3.02. The summed E-state index contributed by atoms with van der Waals surface area (Å²) in [5, 5.41) is 10.8. The van der Waals surface area contributed by atoms with Crippen molar-refractivity contribution < 1.29 is 9.53 Å². The summed E-state index contributed by atoms with van der Waals surface area (Å²) in [7, 11) is 0. The summed E-state index contributed by atoms with van der Waals surface area (Å²) in [6, 6.07) is 19.1. The van der Waals surface area contributed by atoms with E-state index in [1.54, 1.807) is 22.9 Å². The Balaban J connectivity index is 1.44. The molecule has 4 aromatic rings. The van der Waals surface area contributed by atoms with Gasteiger partial charge in [-0.2, -0.15) is 5.10 Å². The van der Waals surface area contributed by atoms with Gasteiger partial charge in [-0.1, -0.05) is 59.6 Å². The molecule has 1 aromatic heterocycles. The van der Waals surface area contributed by atoms with Crippen LogP contribution in [0.25, 0.3) is 10.8 Å². The summed E-state index contributed by atoms with van der Waals surface area (Å²) in [6.45, 7) is 4.05. The van der Waals surface area contributed by atoms with Crippen LogP contribution >= 0.6 is 23.2 Å². The van der Waals surface area contributed by atoms with Crippen molar-refractivity contribution in [2.75, 3.05) is 11.9 Å². The number of benzene rings is 3. The second-order valence-electron chi connectivity index (χ2n) is 7.25. The van der Waals surface area contributed by atoms with Crippen molar-refractivity contribution in [1.82, 2.24) is 9.78 Å². The van der Waals surface area contributed by atoms with Crippen LogP contribution in [0.5, 0.6) is 5.75 Å². The standard InChI is InChI=1S/C24H21Cl2N3O2/c1-15-24(16(2)29(28-15)13-20-21(25)8-5-9-22(20)26)27-23(30)14-31-19-11-10-17-6-3-4-7-18(17)12-19/h3-12H,13-14H2,1-2H3,(H,27,30). The van der Waals surface area contributed by atoms with Crippen LogP contribution in [0.4, 0.5) is 5.69 Å². The fourth-order valence-corrected chi connectivity index (χ4v) is 3.96. The van der Waals surface area contributed by atoms with Gasteiger partial charge in [0.1, 0.15) is 5.75 Å². The van der Waals surface area contributed by atoms with Crippen molar-refractivity contribution in [3.8, 4) is 5.75 Å². The molecular formula is C24H21Cl2N3O2. The normalized spacial score (nSPS) is 11.0. The van der Waals surface area contributed by atoms with Gasteiger partial charge in [0.05, 0.1) is 23.6 Å². The summed E-state index contributed by atoms with van der Waals surface area (Å²) >= 11 is 12.6. The third-order valence-corrected chi connectivity index (χ3v) is 5.81. The molecule has 0 atom stereocenters. The Morgan fingerprint density at radius 1 is 1.00 bits per heavy atom. The van der Waals surface area contributed by atoms with Crippen molar-refractivity contribution in [2.45, 2.75) is 20.4 Å². The Kier molecular flexibility index (Phi) is 6.16. The second kappa shape index (κ2) is 9.00. The quantitative estimate of drug-likeness (QED) is 0.387. The van der Waals surface area contributed by atoms with Crippen LogP contribution < -0.4 is 10.1 Å². The maximum atomic E-state index is 12.5. The van der Waals surface area contributed by atoms with Crippen molar-refractivity contribution in [1.29, 1.82) is 0 Å². The molecule has 158 valence electrons. The summed E-state index contributed by atoms with van der Waals surface area (Å²) in [6.07, 6.45) is 0. The minimum Gasteiger partial charge on any atom is -0.484 e. The first-order valence-corrected chi connectivity index (χ1v) is 10.6. The number of aromatic nitrogens is 2. The molecule has 3 aromatic carbocycles. The van der Waals surface area contributed by atoms with E-state index in [1.807, 2.05) is 56.3 Å². The minimum absolute atomic E-state index is 0.0985. The first-order valence-electron chi connectivity index (χ1n) is 9.80. The molecule has 0 aliphatic rings. The zero-order valence-electron chi connectivity index (χ0n) is 17.2. The number of hydrogen-bond acceptors (Lipinski definition) is 3. The predicted octanol–water partition coefficient (Wildman–Crippen LogP) is 6.03. The molecule has 7 heteroatoms. The van der Waals surface area contributed by atoms with Crippen LogP contribution in [0.3, 0.4) is 0 Å². The first kappa shape index (κ1) is 21.2. The summed E-state index contributed by atoms with van der Waals surface area (Å²) in [5.41, 5.74) is 2.97. The van der Waals surface area contributed by atoms with Gasteiger partial charge in [-0.25, -0.2) is 0 Å². The summed E-state index contributed by atoms with van der Waals surface area (Å²) in [5.74, 6) is 0.390. The van der Waals surface area contributed by atoms with Gasteiger partial charge in [0, 0.05) is 15.6 Å². The van der Waals surface area contributed by atoms with E-state index < -0.39 is 0 Å². The van der Waals surface area contributed by atoms with Gasteiger partial charge < -0.3 is 10.1 Å². The van der Waals surface area contributed by atoms with Gasteiger partial charge in [0.25, 0.3) is 5.91 Å². The van der Waals surface area contributed by atoms with E-state index in [9.17, 15) is 4.79 Å². The van der Waals surface area contributed by atoms with Gasteiger partial charge in [-0.15, -0.1) is 0 Å². The number of ether oxygens (including phenoxy) is 1. The number of fused-ring (bicyclic) bond motifs is 1. The van der Waals surface area contributed by atoms with Crippen LogP contribution in [-0.2, 0) is 11.3 Å². The van der Waals surface area contributed by atoms with E-state index in [4.69, 9.17) is 27.9 Å². The van der Waals surface area contributed by atoms with E-state index >= 15 is 0 Å². The molecule has 0 radical (unpaired) electrons. The molecule has 0 fully saturated rings. The molecule has 1 heterocycles. The number of anilines is 1. The predicted molar refractivity (Wildman–Crippen MR) is 125 cm³/mol. The molecule has 0 aliphatic heterocycles. The minimum atomic E-state index is -0.255. The lowest BCUT2D eigenvalue weighted by Crippen LogP contribution is -2.21. The van der Waals surface area contributed by atoms with Crippen LogP contribution in [0, 0.1) is 13.8 Å². The number of rotatable bonds is 6. The van der Waals surface area contributed by atoms with Crippen molar-refractivity contribution >= 4 is 45.6 Å². The number of nitrogens with zero attached hydrogens (tertiary/aromatic N) is 2. The largest absolute Gasteiger partial charge is 0.484 e. The highest BCUT2D eigenvalue weighted by molar-refractivity contribution is 6.36. The fraction of sp³-hybridized carbons (Fsp3) is 0.167. The number of aryl methyl sites for hydroxylation is 1. The molecule has 0 saturated heterocycles. The lowest BCUT2D eigenvalue weighted by Gasteiger charge is -2.10. The second-order valence-corrected chi connectivity index (χ2v) is 8.06. The molecule has 0 saturated carbocycles. The van der Waals surface area contributed by atoms with E-state index in [0.717, 1.165) is 22.0 Å². The highest BCUT2D eigenvalue weighted by Gasteiger charge is 2.16. The van der Waals surface area contributed by atoms with Crippen molar-refractivity contribution in [3.05, 3.63) is 87.7 Å². The van der Waals surface area contributed by atoms with Crippen LogP contribution in [-0.4, -0.2) is 22.3 Å².